The quantitative estimate of drug-likeness (QED) is 0.270. The monoisotopic (exact) mass is 560 g/mol. The maximum absolute atomic E-state index is 14.9. The lowest BCUT2D eigenvalue weighted by atomic mass is 9.97. The van der Waals surface area contributed by atoms with Crippen molar-refractivity contribution in [2.75, 3.05) is 10.2 Å². The molecule has 0 saturated heterocycles. The molecule has 39 heavy (non-hydrogen) atoms. The number of carbonyl (C=O) groups excluding carboxylic acids is 1. The molecule has 1 unspecified atom stereocenters. The third-order valence-electron chi connectivity index (χ3n) is 5.78. The van der Waals surface area contributed by atoms with Gasteiger partial charge in [-0.2, -0.15) is 26.3 Å². The first-order chi connectivity index (χ1) is 18.1. The molecule has 1 amide bonds. The minimum absolute atomic E-state index is 0.205. The van der Waals surface area contributed by atoms with Crippen molar-refractivity contribution in [3.8, 4) is 0 Å². The Labute approximate surface area is 212 Å². The van der Waals surface area contributed by atoms with Crippen LogP contribution in [0.4, 0.5) is 50.9 Å². The number of nitrogens with one attached hydrogen (secondary N) is 1. The summed E-state index contributed by atoms with van der Waals surface area (Å²) in [5.41, 5.74) is -5.34. The van der Waals surface area contributed by atoms with Gasteiger partial charge in [0.15, 0.2) is 17.5 Å². The molecular formula is C25H13F9N2O3. The highest BCUT2D eigenvalue weighted by atomic mass is 19.4. The third-order valence-corrected chi connectivity index (χ3v) is 5.78. The highest BCUT2D eigenvalue weighted by Gasteiger charge is 2.46. The number of nitrogens with zero attached hydrogens (tertiary/aromatic N) is 1. The molecule has 3 aromatic rings. The van der Waals surface area contributed by atoms with Crippen LogP contribution in [0.15, 0.2) is 71.9 Å². The number of aliphatic carboxylic acids is 1. The van der Waals surface area contributed by atoms with Crippen LogP contribution in [0.5, 0.6) is 0 Å². The van der Waals surface area contributed by atoms with E-state index in [9.17, 15) is 54.2 Å². The minimum atomic E-state index is -4.78. The SMILES string of the molecule is O=C(O)C1=C(Nc2ccc(C(F)(F)F)cc2)C(=O)N(c2ccc(C(F)(F)F)cc2)C1c1ccc(F)c(F)c1F. The molecule has 0 fully saturated rings. The van der Waals surface area contributed by atoms with Crippen molar-refractivity contribution in [1.29, 1.82) is 0 Å². The summed E-state index contributed by atoms with van der Waals surface area (Å²) < 4.78 is 120. The number of amides is 1. The highest BCUT2D eigenvalue weighted by molar-refractivity contribution is 6.17. The van der Waals surface area contributed by atoms with E-state index in [1.807, 2.05) is 0 Å². The number of hydrogen-bond acceptors (Lipinski definition) is 3. The zero-order valence-corrected chi connectivity index (χ0v) is 19.0. The first-order valence-corrected chi connectivity index (χ1v) is 10.7. The van der Waals surface area contributed by atoms with Crippen molar-refractivity contribution in [1.82, 2.24) is 0 Å². The molecule has 3 aromatic carbocycles. The van der Waals surface area contributed by atoms with Crippen LogP contribution in [0, 0.1) is 17.5 Å². The van der Waals surface area contributed by atoms with Gasteiger partial charge in [-0.25, -0.2) is 18.0 Å². The Kier molecular flexibility index (Phi) is 6.83. The zero-order chi connectivity index (χ0) is 28.9. The molecule has 0 bridgehead atoms. The topological polar surface area (TPSA) is 69.6 Å². The number of carboxylic acid groups (broad SMARTS) is 1. The molecule has 0 spiro atoms. The van der Waals surface area contributed by atoms with Crippen LogP contribution in [0.2, 0.25) is 0 Å². The maximum Gasteiger partial charge on any atom is 0.416 e. The van der Waals surface area contributed by atoms with Crippen LogP contribution in [0.1, 0.15) is 22.7 Å². The smallest absolute Gasteiger partial charge is 0.416 e. The van der Waals surface area contributed by atoms with Gasteiger partial charge < -0.3 is 10.4 Å². The second-order valence-electron chi connectivity index (χ2n) is 8.18. The molecule has 5 nitrogen and oxygen atoms in total. The van der Waals surface area contributed by atoms with Crippen molar-refractivity contribution in [3.05, 3.63) is 106 Å². The summed E-state index contributed by atoms with van der Waals surface area (Å²) in [7, 11) is 0. The van der Waals surface area contributed by atoms with Gasteiger partial charge in [0.05, 0.1) is 22.7 Å². The Hall–Kier alpha value is -4.49. The van der Waals surface area contributed by atoms with Gasteiger partial charge in [-0.3, -0.25) is 9.69 Å². The van der Waals surface area contributed by atoms with Gasteiger partial charge in [-0.05, 0) is 54.6 Å². The van der Waals surface area contributed by atoms with Gasteiger partial charge >= 0.3 is 18.3 Å². The second kappa shape index (κ2) is 9.67. The van der Waals surface area contributed by atoms with E-state index in [2.05, 4.69) is 5.32 Å². The maximum atomic E-state index is 14.9. The molecule has 0 aliphatic carbocycles. The summed E-state index contributed by atoms with van der Waals surface area (Å²) in [5.74, 6) is -8.60. The van der Waals surface area contributed by atoms with Crippen LogP contribution in [-0.2, 0) is 21.9 Å². The average molecular weight is 560 g/mol. The molecule has 2 N–H and O–H groups in total. The molecule has 1 atom stereocenters. The van der Waals surface area contributed by atoms with Gasteiger partial charge in [0, 0.05) is 16.9 Å². The van der Waals surface area contributed by atoms with Crippen LogP contribution in [0.25, 0.3) is 0 Å². The lowest BCUT2D eigenvalue weighted by molar-refractivity contribution is -0.138. The summed E-state index contributed by atoms with van der Waals surface area (Å²) in [4.78, 5) is 26.3. The van der Waals surface area contributed by atoms with E-state index in [4.69, 9.17) is 0 Å². The van der Waals surface area contributed by atoms with E-state index in [1.165, 1.54) is 0 Å². The molecule has 1 aliphatic heterocycles. The molecule has 1 heterocycles. The average Bonchev–Trinajstić information content (AvgIpc) is 3.13. The first kappa shape index (κ1) is 27.5. The van der Waals surface area contributed by atoms with Gasteiger partial charge in [0.1, 0.15) is 5.70 Å². The molecule has 1 aliphatic rings. The first-order valence-electron chi connectivity index (χ1n) is 10.7. The fourth-order valence-electron chi connectivity index (χ4n) is 3.97. The molecule has 0 radical (unpaired) electrons. The van der Waals surface area contributed by atoms with Crippen molar-refractivity contribution in [3.63, 3.8) is 0 Å². The molecule has 4 rings (SSSR count). The van der Waals surface area contributed by atoms with Gasteiger partial charge in [0.2, 0.25) is 0 Å². The minimum Gasteiger partial charge on any atom is -0.478 e. The standard InChI is InChI=1S/C25H13F9N2O3/c26-16-10-9-15(18(27)19(16)28)21-17(23(38)39)20(35-13-5-1-11(2-6-13)24(29,30)31)22(37)36(21)14-7-3-12(4-8-14)25(32,33)34/h1-10,21,35H,(H,38,39). The van der Waals surface area contributed by atoms with Crippen molar-refractivity contribution >= 4 is 23.3 Å². The number of carbonyl (C=O) groups is 2. The van der Waals surface area contributed by atoms with Gasteiger partial charge in [-0.15, -0.1) is 0 Å². The number of benzene rings is 3. The van der Waals surface area contributed by atoms with Crippen LogP contribution in [-0.4, -0.2) is 17.0 Å². The second-order valence-corrected chi connectivity index (χ2v) is 8.18. The predicted octanol–water partition coefficient (Wildman–Crippen LogP) is 6.68. The van der Waals surface area contributed by atoms with Crippen LogP contribution >= 0.6 is 0 Å². The number of hydrogen-bond donors (Lipinski definition) is 2. The Bertz CT molecular complexity index is 1480. The zero-order valence-electron chi connectivity index (χ0n) is 19.0. The Balaban J connectivity index is 1.88. The van der Waals surface area contributed by atoms with E-state index in [-0.39, 0.29) is 11.4 Å². The summed E-state index contributed by atoms with van der Waals surface area (Å²) >= 11 is 0. The Morgan fingerprint density at radius 2 is 1.28 bits per heavy atom. The highest BCUT2D eigenvalue weighted by Crippen LogP contribution is 2.44. The predicted molar refractivity (Wildman–Crippen MR) is 118 cm³/mol. The van der Waals surface area contributed by atoms with Gasteiger partial charge in [0.25, 0.3) is 5.91 Å². The third kappa shape index (κ3) is 5.13. The number of halogens is 9. The van der Waals surface area contributed by atoms with E-state index in [0.29, 0.717) is 41.3 Å². The Morgan fingerprint density at radius 1 is 0.769 bits per heavy atom. The summed E-state index contributed by atoms with van der Waals surface area (Å²) in [6.45, 7) is 0. The van der Waals surface area contributed by atoms with Crippen LogP contribution < -0.4 is 10.2 Å². The molecule has 14 heteroatoms. The van der Waals surface area contributed by atoms with Crippen molar-refractivity contribution in [2.45, 2.75) is 18.4 Å². The number of anilines is 2. The fourth-order valence-corrected chi connectivity index (χ4v) is 3.97. The van der Waals surface area contributed by atoms with Crippen molar-refractivity contribution < 1.29 is 54.2 Å². The summed E-state index contributed by atoms with van der Waals surface area (Å²) in [6, 6.07) is 4.79. The summed E-state index contributed by atoms with van der Waals surface area (Å²) in [5, 5.41) is 12.3. The van der Waals surface area contributed by atoms with Gasteiger partial charge in [-0.1, -0.05) is 6.07 Å². The lowest BCUT2D eigenvalue weighted by Crippen LogP contribution is -2.32. The van der Waals surface area contributed by atoms with Crippen molar-refractivity contribution in [2.24, 2.45) is 0 Å². The number of alkyl halides is 6. The van der Waals surface area contributed by atoms with E-state index >= 15 is 0 Å². The fraction of sp³-hybridized carbons (Fsp3) is 0.120. The number of carboxylic acids is 1. The van der Waals surface area contributed by atoms with E-state index in [1.54, 1.807) is 0 Å². The largest absolute Gasteiger partial charge is 0.478 e. The normalized spacial score (nSPS) is 16.2. The van der Waals surface area contributed by atoms with E-state index < -0.39 is 75.7 Å². The molecular weight excluding hydrogens is 547 g/mol. The number of rotatable bonds is 5. The Morgan fingerprint density at radius 3 is 1.77 bits per heavy atom. The molecule has 204 valence electrons. The summed E-state index contributed by atoms with van der Waals surface area (Å²) in [6.07, 6.45) is -9.49. The van der Waals surface area contributed by atoms with Crippen LogP contribution in [0.3, 0.4) is 0 Å². The molecule has 0 aromatic heterocycles. The van der Waals surface area contributed by atoms with E-state index in [0.717, 1.165) is 24.3 Å². The lowest BCUT2D eigenvalue weighted by Gasteiger charge is -2.27. The molecule has 0 saturated carbocycles.